The van der Waals surface area contributed by atoms with E-state index >= 15 is 0 Å². The maximum Gasteiger partial charge on any atom is 0.167 e. The van der Waals surface area contributed by atoms with Crippen molar-refractivity contribution in [3.8, 4) is 11.5 Å². The predicted molar refractivity (Wildman–Crippen MR) is 82.4 cm³/mol. The molecule has 0 spiro atoms. The highest BCUT2D eigenvalue weighted by molar-refractivity contribution is 5.56. The summed E-state index contributed by atoms with van der Waals surface area (Å²) in [6.07, 6.45) is 4.24. The van der Waals surface area contributed by atoms with Gasteiger partial charge in [-0.2, -0.15) is 0 Å². The first-order valence-electron chi connectivity index (χ1n) is 7.66. The number of anilines is 1. The Kier molecular flexibility index (Phi) is 5.67. The molecule has 2 rings (SSSR count). The molecular weight excluding hydrogens is 271 g/mol. The van der Waals surface area contributed by atoms with Crippen molar-refractivity contribution in [3.63, 3.8) is 0 Å². The summed E-state index contributed by atoms with van der Waals surface area (Å²) < 4.78 is 24.8. The Morgan fingerprint density at radius 2 is 2.05 bits per heavy atom. The Morgan fingerprint density at radius 1 is 1.29 bits per heavy atom. The van der Waals surface area contributed by atoms with E-state index in [-0.39, 0.29) is 5.75 Å². The molecule has 0 saturated carbocycles. The molecule has 0 amide bonds. The van der Waals surface area contributed by atoms with Crippen LogP contribution in [0, 0.1) is 5.82 Å². The molecule has 2 N–H and O–H groups in total. The second kappa shape index (κ2) is 7.50. The molecule has 1 unspecified atom stereocenters. The number of nitrogens with zero attached hydrogens (tertiary/aromatic N) is 1. The highest BCUT2D eigenvalue weighted by Gasteiger charge is 2.20. The number of benzene rings is 1. The number of nitrogens with two attached hydrogens (primary N) is 1. The molecule has 0 aliphatic carbocycles. The minimum Gasteiger partial charge on any atom is -0.491 e. The van der Waals surface area contributed by atoms with Gasteiger partial charge in [-0.1, -0.05) is 6.92 Å². The maximum absolute atomic E-state index is 13.7. The van der Waals surface area contributed by atoms with Gasteiger partial charge in [0.1, 0.15) is 5.75 Å². The van der Waals surface area contributed by atoms with Crippen LogP contribution < -0.4 is 15.2 Å². The predicted octanol–water partition coefficient (Wildman–Crippen LogP) is 3.06. The number of hydrogen-bond acceptors (Lipinski definition) is 4. The molecule has 1 aliphatic heterocycles. The first kappa shape index (κ1) is 15.9. The van der Waals surface area contributed by atoms with Gasteiger partial charge in [0, 0.05) is 18.2 Å². The van der Waals surface area contributed by atoms with Crippen LogP contribution in [0.15, 0.2) is 12.1 Å². The molecule has 4 nitrogen and oxygen atoms in total. The standard InChI is InChI=1S/C16H25FN2O2/c1-3-8-20-15-11-16(14(18)10-13(15)17)21-9-6-12-5-4-7-19(12)2/h10-12H,3-9,18H2,1-2H3. The quantitative estimate of drug-likeness (QED) is 0.786. The first-order valence-corrected chi connectivity index (χ1v) is 7.66. The van der Waals surface area contributed by atoms with Crippen LogP contribution in [0.4, 0.5) is 10.1 Å². The van der Waals surface area contributed by atoms with Gasteiger partial charge in [-0.15, -0.1) is 0 Å². The number of halogens is 1. The molecule has 5 heteroatoms. The van der Waals surface area contributed by atoms with Gasteiger partial charge in [-0.25, -0.2) is 4.39 Å². The van der Waals surface area contributed by atoms with Gasteiger partial charge in [0.25, 0.3) is 0 Å². The minimum absolute atomic E-state index is 0.207. The third-order valence-electron chi connectivity index (χ3n) is 3.91. The van der Waals surface area contributed by atoms with Crippen molar-refractivity contribution in [2.45, 2.75) is 38.6 Å². The Bertz CT molecular complexity index is 468. The largest absolute Gasteiger partial charge is 0.491 e. The van der Waals surface area contributed by atoms with Crippen molar-refractivity contribution in [1.82, 2.24) is 4.90 Å². The SMILES string of the molecule is CCCOc1cc(OCCC2CCCN2C)c(N)cc1F. The van der Waals surface area contributed by atoms with Gasteiger partial charge in [0.15, 0.2) is 11.6 Å². The van der Waals surface area contributed by atoms with E-state index in [2.05, 4.69) is 11.9 Å². The van der Waals surface area contributed by atoms with E-state index in [1.807, 2.05) is 6.92 Å². The number of ether oxygens (including phenoxy) is 2. The average Bonchev–Trinajstić information content (AvgIpc) is 2.85. The van der Waals surface area contributed by atoms with Crippen molar-refractivity contribution >= 4 is 5.69 Å². The Morgan fingerprint density at radius 3 is 2.71 bits per heavy atom. The highest BCUT2D eigenvalue weighted by Crippen LogP contribution is 2.30. The molecule has 1 heterocycles. The monoisotopic (exact) mass is 296 g/mol. The normalized spacial score (nSPS) is 18.9. The van der Waals surface area contributed by atoms with Crippen LogP contribution >= 0.6 is 0 Å². The van der Waals surface area contributed by atoms with Crippen molar-refractivity contribution in [2.75, 3.05) is 32.5 Å². The van der Waals surface area contributed by atoms with Crippen molar-refractivity contribution in [3.05, 3.63) is 17.9 Å². The Labute approximate surface area is 126 Å². The fourth-order valence-corrected chi connectivity index (χ4v) is 2.65. The second-order valence-electron chi connectivity index (χ2n) is 5.58. The molecule has 118 valence electrons. The molecular formula is C16H25FN2O2. The fraction of sp³-hybridized carbons (Fsp3) is 0.625. The lowest BCUT2D eigenvalue weighted by atomic mass is 10.1. The zero-order chi connectivity index (χ0) is 15.2. The summed E-state index contributed by atoms with van der Waals surface area (Å²) in [6, 6.07) is 3.39. The van der Waals surface area contributed by atoms with E-state index in [9.17, 15) is 4.39 Å². The highest BCUT2D eigenvalue weighted by atomic mass is 19.1. The van der Waals surface area contributed by atoms with Gasteiger partial charge in [-0.05, 0) is 39.3 Å². The summed E-state index contributed by atoms with van der Waals surface area (Å²) in [4.78, 5) is 2.35. The molecule has 0 bridgehead atoms. The molecule has 1 atom stereocenters. The minimum atomic E-state index is -0.441. The van der Waals surface area contributed by atoms with E-state index < -0.39 is 5.82 Å². The van der Waals surface area contributed by atoms with Gasteiger partial charge < -0.3 is 20.1 Å². The Balaban J connectivity index is 1.92. The van der Waals surface area contributed by atoms with Crippen LogP contribution in [0.5, 0.6) is 11.5 Å². The molecule has 1 aromatic carbocycles. The molecule has 1 fully saturated rings. The molecule has 1 aromatic rings. The van der Waals surface area contributed by atoms with E-state index in [0.29, 0.717) is 30.7 Å². The average molecular weight is 296 g/mol. The van der Waals surface area contributed by atoms with E-state index in [1.165, 1.54) is 18.9 Å². The molecule has 0 aromatic heterocycles. The van der Waals surface area contributed by atoms with Gasteiger partial charge in [-0.3, -0.25) is 0 Å². The zero-order valence-corrected chi connectivity index (χ0v) is 12.9. The van der Waals surface area contributed by atoms with Gasteiger partial charge in [0.05, 0.1) is 18.9 Å². The molecule has 21 heavy (non-hydrogen) atoms. The van der Waals surface area contributed by atoms with Gasteiger partial charge >= 0.3 is 0 Å². The summed E-state index contributed by atoms with van der Waals surface area (Å²) in [5, 5.41) is 0. The summed E-state index contributed by atoms with van der Waals surface area (Å²) in [5.74, 6) is 0.269. The number of hydrogen-bond donors (Lipinski definition) is 1. The van der Waals surface area contributed by atoms with Crippen molar-refractivity contribution in [2.24, 2.45) is 0 Å². The lowest BCUT2D eigenvalue weighted by molar-refractivity contribution is 0.232. The maximum atomic E-state index is 13.7. The molecule has 1 aliphatic rings. The third kappa shape index (κ3) is 4.24. The first-order chi connectivity index (χ1) is 10.1. The van der Waals surface area contributed by atoms with Crippen LogP contribution in [0.3, 0.4) is 0 Å². The molecule has 0 radical (unpaired) electrons. The summed E-state index contributed by atoms with van der Waals surface area (Å²) >= 11 is 0. The summed E-state index contributed by atoms with van der Waals surface area (Å²) in [7, 11) is 2.14. The topological polar surface area (TPSA) is 47.7 Å². The smallest absolute Gasteiger partial charge is 0.167 e. The fourth-order valence-electron chi connectivity index (χ4n) is 2.65. The van der Waals surface area contributed by atoms with Crippen LogP contribution in [0.2, 0.25) is 0 Å². The van der Waals surface area contributed by atoms with Crippen LogP contribution in [-0.2, 0) is 0 Å². The summed E-state index contributed by atoms with van der Waals surface area (Å²) in [5.41, 5.74) is 6.13. The molecule has 1 saturated heterocycles. The van der Waals surface area contributed by atoms with E-state index in [0.717, 1.165) is 19.4 Å². The lowest BCUT2D eigenvalue weighted by Crippen LogP contribution is -2.26. The summed E-state index contributed by atoms with van der Waals surface area (Å²) in [6.45, 7) is 4.19. The number of rotatable bonds is 7. The lowest BCUT2D eigenvalue weighted by Gasteiger charge is -2.19. The Hall–Kier alpha value is -1.49. The zero-order valence-electron chi connectivity index (χ0n) is 12.9. The third-order valence-corrected chi connectivity index (χ3v) is 3.91. The van der Waals surface area contributed by atoms with Crippen LogP contribution in [0.1, 0.15) is 32.6 Å². The number of nitrogen functional groups attached to an aromatic ring is 1. The van der Waals surface area contributed by atoms with Crippen LogP contribution in [-0.4, -0.2) is 37.7 Å². The second-order valence-corrected chi connectivity index (χ2v) is 5.58. The van der Waals surface area contributed by atoms with Crippen molar-refractivity contribution < 1.29 is 13.9 Å². The van der Waals surface area contributed by atoms with E-state index in [4.69, 9.17) is 15.2 Å². The van der Waals surface area contributed by atoms with E-state index in [1.54, 1.807) is 6.07 Å². The van der Waals surface area contributed by atoms with Crippen LogP contribution in [0.25, 0.3) is 0 Å². The van der Waals surface area contributed by atoms with Gasteiger partial charge in [0.2, 0.25) is 0 Å². The van der Waals surface area contributed by atoms with Crippen molar-refractivity contribution in [1.29, 1.82) is 0 Å². The number of likely N-dealkylation sites (tertiary alicyclic amines) is 1.